The van der Waals surface area contributed by atoms with E-state index >= 15 is 0 Å². The molecule has 0 aliphatic heterocycles. The summed E-state index contributed by atoms with van der Waals surface area (Å²) < 4.78 is 0. The monoisotopic (exact) mass is 262 g/mol. The van der Waals surface area contributed by atoms with E-state index in [1.165, 1.54) is 0 Å². The summed E-state index contributed by atoms with van der Waals surface area (Å²) in [6.45, 7) is -0.860. The van der Waals surface area contributed by atoms with E-state index in [4.69, 9.17) is 20.4 Å². The molecule has 5 atom stereocenters. The molecule has 0 saturated carbocycles. The molecule has 0 bridgehead atoms. The van der Waals surface area contributed by atoms with E-state index < -0.39 is 49.5 Å². The van der Waals surface area contributed by atoms with Crippen LogP contribution in [0.4, 0.5) is 0 Å². The van der Waals surface area contributed by atoms with Crippen molar-refractivity contribution in [2.75, 3.05) is 6.61 Å². The molecular formula is C8H15NaO8. The van der Waals surface area contributed by atoms with Crippen LogP contribution in [0.1, 0.15) is 6.42 Å². The van der Waals surface area contributed by atoms with Crippen LogP contribution in [-0.4, -0.2) is 73.7 Å². The molecule has 0 aliphatic rings. The average molecular weight is 262 g/mol. The van der Waals surface area contributed by atoms with Crippen LogP contribution in [0.25, 0.3) is 0 Å². The summed E-state index contributed by atoms with van der Waals surface area (Å²) in [5.41, 5.74) is 0. The van der Waals surface area contributed by atoms with Gasteiger partial charge in [-0.2, -0.15) is 0 Å². The standard InChI is InChI=1S/C8H16O8.Na/c9-2-4(11)7(15)8(16)6(14)3(10)1-5(12)13;/h3-4,6-11,14-16H,1-2H2,(H,12,13);/q;+1/p-1/t3?,4-,6+,7-,8-;/m1./s1. The molecule has 0 aliphatic carbocycles. The second-order valence-electron chi connectivity index (χ2n) is 3.37. The molecule has 0 rings (SSSR count). The van der Waals surface area contributed by atoms with Crippen LogP contribution < -0.4 is 34.7 Å². The zero-order valence-corrected chi connectivity index (χ0v) is 11.3. The number of carbonyl (C=O) groups excluding carboxylic acids is 1. The van der Waals surface area contributed by atoms with Crippen molar-refractivity contribution in [1.29, 1.82) is 0 Å². The Labute approximate surface area is 119 Å². The van der Waals surface area contributed by atoms with Gasteiger partial charge in [0.05, 0.1) is 12.7 Å². The average Bonchev–Trinajstić information content (AvgIpc) is 2.23. The zero-order valence-electron chi connectivity index (χ0n) is 9.30. The molecule has 9 heteroatoms. The normalized spacial score (nSPS) is 19.6. The Bertz CT molecular complexity index is 226. The van der Waals surface area contributed by atoms with Crippen LogP contribution in [0.5, 0.6) is 0 Å². The Kier molecular flexibility index (Phi) is 10.6. The predicted molar refractivity (Wildman–Crippen MR) is 46.7 cm³/mol. The van der Waals surface area contributed by atoms with Crippen molar-refractivity contribution in [2.24, 2.45) is 0 Å². The van der Waals surface area contributed by atoms with Gasteiger partial charge >= 0.3 is 29.6 Å². The fraction of sp³-hybridized carbons (Fsp3) is 0.875. The Morgan fingerprint density at radius 3 is 1.71 bits per heavy atom. The predicted octanol–water partition coefficient (Wildman–Crippen LogP) is -8.07. The number of hydrogen-bond acceptors (Lipinski definition) is 8. The maximum atomic E-state index is 10.1. The Morgan fingerprint density at radius 1 is 0.941 bits per heavy atom. The van der Waals surface area contributed by atoms with Gasteiger partial charge in [0.2, 0.25) is 0 Å². The number of carbonyl (C=O) groups is 1. The van der Waals surface area contributed by atoms with Crippen molar-refractivity contribution in [3.05, 3.63) is 0 Å². The van der Waals surface area contributed by atoms with Crippen LogP contribution >= 0.6 is 0 Å². The quantitative estimate of drug-likeness (QED) is 0.246. The van der Waals surface area contributed by atoms with E-state index in [1.54, 1.807) is 0 Å². The fourth-order valence-electron chi connectivity index (χ4n) is 1.06. The van der Waals surface area contributed by atoms with Gasteiger partial charge in [0.1, 0.15) is 24.4 Å². The van der Waals surface area contributed by atoms with Gasteiger partial charge in [0, 0.05) is 12.4 Å². The molecule has 0 spiro atoms. The van der Waals surface area contributed by atoms with Crippen LogP contribution in [0.3, 0.4) is 0 Å². The van der Waals surface area contributed by atoms with Gasteiger partial charge in [0.15, 0.2) is 0 Å². The van der Waals surface area contributed by atoms with Crippen molar-refractivity contribution < 1.29 is 70.1 Å². The molecule has 0 saturated heterocycles. The molecule has 0 fully saturated rings. The van der Waals surface area contributed by atoms with Crippen molar-refractivity contribution in [3.8, 4) is 0 Å². The van der Waals surface area contributed by atoms with Crippen LogP contribution in [-0.2, 0) is 4.79 Å². The van der Waals surface area contributed by atoms with E-state index in [2.05, 4.69) is 0 Å². The van der Waals surface area contributed by atoms with E-state index in [-0.39, 0.29) is 29.6 Å². The summed E-state index contributed by atoms with van der Waals surface area (Å²) in [6.07, 6.45) is -10.4. The first-order chi connectivity index (χ1) is 7.31. The van der Waals surface area contributed by atoms with Gasteiger partial charge in [0.25, 0.3) is 0 Å². The van der Waals surface area contributed by atoms with Gasteiger partial charge in [-0.15, -0.1) is 0 Å². The number of carboxylic acid groups (broad SMARTS) is 1. The smallest absolute Gasteiger partial charge is 0.550 e. The molecule has 0 aromatic heterocycles. The molecule has 0 heterocycles. The second kappa shape index (κ2) is 9.20. The minimum atomic E-state index is -1.99. The van der Waals surface area contributed by atoms with Crippen LogP contribution in [0.2, 0.25) is 0 Å². The van der Waals surface area contributed by atoms with Crippen molar-refractivity contribution in [3.63, 3.8) is 0 Å². The molecule has 0 amide bonds. The third-order valence-corrected chi connectivity index (χ3v) is 2.05. The van der Waals surface area contributed by atoms with Gasteiger partial charge < -0.3 is 40.5 Å². The number of aliphatic hydroxyl groups is 6. The first-order valence-electron chi connectivity index (χ1n) is 4.52. The van der Waals surface area contributed by atoms with E-state index in [0.717, 1.165) is 0 Å². The van der Waals surface area contributed by atoms with Gasteiger partial charge in [-0.05, 0) is 0 Å². The molecule has 96 valence electrons. The molecule has 17 heavy (non-hydrogen) atoms. The number of rotatable bonds is 7. The molecule has 8 nitrogen and oxygen atoms in total. The van der Waals surface area contributed by atoms with Gasteiger partial charge in [-0.3, -0.25) is 0 Å². The molecule has 6 N–H and O–H groups in total. The summed E-state index contributed by atoms with van der Waals surface area (Å²) >= 11 is 0. The molecule has 1 unspecified atom stereocenters. The van der Waals surface area contributed by atoms with Crippen molar-refractivity contribution >= 4 is 5.97 Å². The zero-order chi connectivity index (χ0) is 12.9. The largest absolute Gasteiger partial charge is 1.00 e. The third kappa shape index (κ3) is 6.65. The summed E-state index contributed by atoms with van der Waals surface area (Å²) in [5.74, 6) is -1.64. The maximum absolute atomic E-state index is 10.1. The number of aliphatic hydroxyl groups excluding tert-OH is 6. The third-order valence-electron chi connectivity index (χ3n) is 2.05. The molecule has 0 radical (unpaired) electrons. The molecule has 0 aromatic rings. The van der Waals surface area contributed by atoms with Gasteiger partial charge in [-0.25, -0.2) is 0 Å². The number of carboxylic acids is 1. The minimum Gasteiger partial charge on any atom is -0.550 e. The maximum Gasteiger partial charge on any atom is 1.00 e. The summed E-state index contributed by atoms with van der Waals surface area (Å²) in [5, 5.41) is 64.1. The summed E-state index contributed by atoms with van der Waals surface area (Å²) in [4.78, 5) is 10.1. The Morgan fingerprint density at radius 2 is 1.35 bits per heavy atom. The molecule has 0 aromatic carbocycles. The second-order valence-corrected chi connectivity index (χ2v) is 3.37. The first-order valence-corrected chi connectivity index (χ1v) is 4.52. The SMILES string of the molecule is O=C([O-])CC(O)[C@H](O)[C@@H](O)[C@H](O)[C@H](O)CO.[Na+]. The number of aliphatic carboxylic acids is 1. The van der Waals surface area contributed by atoms with Crippen LogP contribution in [0, 0.1) is 0 Å². The molecular weight excluding hydrogens is 247 g/mol. The van der Waals surface area contributed by atoms with E-state index in [0.29, 0.717) is 0 Å². The first kappa shape index (κ1) is 19.6. The minimum absolute atomic E-state index is 0. The van der Waals surface area contributed by atoms with Crippen molar-refractivity contribution in [2.45, 2.75) is 36.9 Å². The fourth-order valence-corrected chi connectivity index (χ4v) is 1.06. The summed E-state index contributed by atoms with van der Waals surface area (Å²) in [6, 6.07) is 0. The van der Waals surface area contributed by atoms with E-state index in [1.807, 2.05) is 0 Å². The Balaban J connectivity index is 0. The summed E-state index contributed by atoms with van der Waals surface area (Å²) in [7, 11) is 0. The van der Waals surface area contributed by atoms with Gasteiger partial charge in [-0.1, -0.05) is 0 Å². The van der Waals surface area contributed by atoms with E-state index in [9.17, 15) is 20.1 Å². The van der Waals surface area contributed by atoms with Crippen molar-refractivity contribution in [1.82, 2.24) is 0 Å². The van der Waals surface area contributed by atoms with Crippen LogP contribution in [0.15, 0.2) is 0 Å². The Hall–Kier alpha value is 0.230. The topological polar surface area (TPSA) is 162 Å². The number of hydrogen-bond donors (Lipinski definition) is 6.